The summed E-state index contributed by atoms with van der Waals surface area (Å²) in [7, 11) is 1.10. The third-order valence-electron chi connectivity index (χ3n) is 1.91. The summed E-state index contributed by atoms with van der Waals surface area (Å²) in [5.41, 5.74) is -3.64. The minimum absolute atomic E-state index is 0.636. The average Bonchev–Trinajstić information content (AvgIpc) is 2.48. The summed E-state index contributed by atoms with van der Waals surface area (Å²) in [4.78, 5) is 12.1. The van der Waals surface area contributed by atoms with Crippen molar-refractivity contribution >= 4 is 0 Å². The van der Waals surface area contributed by atoms with Gasteiger partial charge in [-0.25, -0.2) is 9.67 Å². The first kappa shape index (κ1) is 12.4. The molecular weight excluding hydrogens is 233 g/mol. The van der Waals surface area contributed by atoms with Gasteiger partial charge >= 0.3 is 6.18 Å². The molecule has 0 spiro atoms. The lowest BCUT2D eigenvalue weighted by Crippen LogP contribution is -2.49. The van der Waals surface area contributed by atoms with Gasteiger partial charge in [-0.15, -0.1) is 0 Å². The van der Waals surface area contributed by atoms with Gasteiger partial charge in [0, 0.05) is 12.0 Å². The molecule has 0 aromatic carbocycles. The molecule has 7 nitrogen and oxygen atoms in total. The summed E-state index contributed by atoms with van der Waals surface area (Å²) >= 11 is 0. The predicted octanol–water partition coefficient (Wildman–Crippen LogP) is -0.158. The van der Waals surface area contributed by atoms with Crippen LogP contribution in [0.4, 0.5) is 13.2 Å². The lowest BCUT2D eigenvalue weighted by Gasteiger charge is -2.25. The van der Waals surface area contributed by atoms with Crippen molar-refractivity contribution in [2.24, 2.45) is 7.05 Å². The first-order valence-corrected chi connectivity index (χ1v) is 3.94. The highest BCUT2D eigenvalue weighted by Crippen LogP contribution is 2.37. The van der Waals surface area contributed by atoms with E-state index in [2.05, 4.69) is 10.1 Å². The normalized spacial score (nSPS) is 15.8. The standard InChI is InChI=1S/C6H7F3N4O3/c1-12-4(10-3-11-12)5(14,2-13(15)16)6(7,8)9/h3,14H,2H2,1H3. The Hall–Kier alpha value is -1.71. The van der Waals surface area contributed by atoms with E-state index < -0.39 is 29.1 Å². The molecule has 1 N–H and O–H groups in total. The molecule has 0 aliphatic rings. The van der Waals surface area contributed by atoms with E-state index in [1.54, 1.807) is 0 Å². The number of hydrogen-bond acceptors (Lipinski definition) is 5. The molecule has 1 atom stereocenters. The van der Waals surface area contributed by atoms with Crippen LogP contribution in [0.3, 0.4) is 0 Å². The highest BCUT2D eigenvalue weighted by atomic mass is 19.4. The number of rotatable bonds is 3. The second-order valence-electron chi connectivity index (χ2n) is 3.06. The third kappa shape index (κ3) is 1.96. The first-order valence-electron chi connectivity index (χ1n) is 3.94. The van der Waals surface area contributed by atoms with E-state index in [-0.39, 0.29) is 0 Å². The van der Waals surface area contributed by atoms with Gasteiger partial charge in [-0.1, -0.05) is 0 Å². The maximum Gasteiger partial charge on any atom is 0.431 e. The molecule has 0 saturated heterocycles. The van der Waals surface area contributed by atoms with Gasteiger partial charge in [-0.3, -0.25) is 10.1 Å². The molecule has 1 unspecified atom stereocenters. The number of aliphatic hydroxyl groups is 1. The number of aromatic nitrogens is 3. The summed E-state index contributed by atoms with van der Waals surface area (Å²) < 4.78 is 38.4. The summed E-state index contributed by atoms with van der Waals surface area (Å²) in [6.45, 7) is -1.72. The Morgan fingerprint density at radius 3 is 2.50 bits per heavy atom. The Balaban J connectivity index is 3.26. The predicted molar refractivity (Wildman–Crippen MR) is 42.8 cm³/mol. The molecule has 0 saturated carbocycles. The maximum absolute atomic E-state index is 12.6. The molecule has 0 aliphatic heterocycles. The Labute approximate surface area is 86.7 Å². The smallest absolute Gasteiger partial charge is 0.369 e. The zero-order valence-corrected chi connectivity index (χ0v) is 7.97. The molecule has 16 heavy (non-hydrogen) atoms. The number of alkyl halides is 3. The number of nitro groups is 1. The molecule has 0 radical (unpaired) electrons. The number of hydrogen-bond donors (Lipinski definition) is 1. The van der Waals surface area contributed by atoms with E-state index in [0.717, 1.165) is 13.4 Å². The average molecular weight is 240 g/mol. The van der Waals surface area contributed by atoms with Gasteiger partial charge in [0.15, 0.2) is 5.82 Å². The van der Waals surface area contributed by atoms with Crippen LogP contribution in [0, 0.1) is 10.1 Å². The molecule has 0 fully saturated rings. The SMILES string of the molecule is Cn1ncnc1C(O)(C[N+](=O)[O-])C(F)(F)F. The lowest BCUT2D eigenvalue weighted by molar-refractivity contribution is -0.519. The van der Waals surface area contributed by atoms with E-state index in [1.807, 2.05) is 0 Å². The van der Waals surface area contributed by atoms with Crippen molar-refractivity contribution in [2.45, 2.75) is 11.8 Å². The molecule has 10 heteroatoms. The van der Waals surface area contributed by atoms with Gasteiger partial charge in [0.05, 0.1) is 0 Å². The van der Waals surface area contributed by atoms with Gasteiger partial charge in [0.2, 0.25) is 6.54 Å². The Bertz CT molecular complexity index is 404. The van der Waals surface area contributed by atoms with E-state index in [9.17, 15) is 28.4 Å². The molecule has 1 heterocycles. The van der Waals surface area contributed by atoms with Crippen LogP contribution in [0.1, 0.15) is 5.82 Å². The fourth-order valence-electron chi connectivity index (χ4n) is 1.14. The van der Waals surface area contributed by atoms with Gasteiger partial charge in [-0.2, -0.15) is 18.3 Å². The maximum atomic E-state index is 12.6. The van der Waals surface area contributed by atoms with Crippen molar-refractivity contribution in [1.29, 1.82) is 0 Å². The Kier molecular flexibility index (Phi) is 2.86. The van der Waals surface area contributed by atoms with Gasteiger partial charge in [0.1, 0.15) is 6.33 Å². The topological polar surface area (TPSA) is 94.1 Å². The van der Waals surface area contributed by atoms with Crippen LogP contribution in [0.2, 0.25) is 0 Å². The molecule has 1 aromatic rings. The quantitative estimate of drug-likeness (QED) is 0.585. The largest absolute Gasteiger partial charge is 0.431 e. The van der Waals surface area contributed by atoms with Crippen LogP contribution in [0.25, 0.3) is 0 Å². The minimum Gasteiger partial charge on any atom is -0.369 e. The summed E-state index contributed by atoms with van der Waals surface area (Å²) in [6, 6.07) is 0. The van der Waals surface area contributed by atoms with Gasteiger partial charge < -0.3 is 5.11 Å². The van der Waals surface area contributed by atoms with Crippen molar-refractivity contribution in [2.75, 3.05) is 6.54 Å². The van der Waals surface area contributed by atoms with Crippen LogP contribution in [-0.2, 0) is 12.6 Å². The highest BCUT2D eigenvalue weighted by Gasteiger charge is 2.61. The minimum atomic E-state index is -5.21. The molecule has 1 rings (SSSR count). The van der Waals surface area contributed by atoms with E-state index in [1.165, 1.54) is 0 Å². The second kappa shape index (κ2) is 3.70. The van der Waals surface area contributed by atoms with Crippen LogP contribution >= 0.6 is 0 Å². The monoisotopic (exact) mass is 240 g/mol. The van der Waals surface area contributed by atoms with Crippen molar-refractivity contribution in [3.8, 4) is 0 Å². The molecule has 0 bridgehead atoms. The van der Waals surface area contributed by atoms with E-state index in [4.69, 9.17) is 0 Å². The van der Waals surface area contributed by atoms with Crippen molar-refractivity contribution in [1.82, 2.24) is 14.8 Å². The van der Waals surface area contributed by atoms with Crippen LogP contribution in [-0.4, -0.2) is 37.5 Å². The number of nitrogens with zero attached hydrogens (tertiary/aromatic N) is 4. The molecular formula is C6H7F3N4O3. The molecule has 0 aliphatic carbocycles. The van der Waals surface area contributed by atoms with E-state index >= 15 is 0 Å². The molecule has 90 valence electrons. The number of aryl methyl sites for hydroxylation is 1. The Morgan fingerprint density at radius 2 is 2.19 bits per heavy atom. The van der Waals surface area contributed by atoms with Gasteiger partial charge in [-0.05, 0) is 0 Å². The number of halogens is 3. The fraction of sp³-hybridized carbons (Fsp3) is 0.667. The van der Waals surface area contributed by atoms with Crippen molar-refractivity contribution in [3.63, 3.8) is 0 Å². The zero-order chi connectivity index (χ0) is 12.6. The summed E-state index contributed by atoms with van der Waals surface area (Å²) in [5, 5.41) is 22.9. The second-order valence-corrected chi connectivity index (χ2v) is 3.06. The lowest BCUT2D eigenvalue weighted by atomic mass is 10.0. The van der Waals surface area contributed by atoms with Crippen LogP contribution < -0.4 is 0 Å². The highest BCUT2D eigenvalue weighted by molar-refractivity contribution is 5.05. The first-order chi connectivity index (χ1) is 7.18. The fourth-order valence-corrected chi connectivity index (χ4v) is 1.14. The van der Waals surface area contributed by atoms with Gasteiger partial charge in [0.25, 0.3) is 5.60 Å². The van der Waals surface area contributed by atoms with Crippen molar-refractivity contribution < 1.29 is 23.2 Å². The summed E-state index contributed by atoms with van der Waals surface area (Å²) in [6.07, 6.45) is -4.44. The van der Waals surface area contributed by atoms with Crippen molar-refractivity contribution in [3.05, 3.63) is 22.3 Å². The van der Waals surface area contributed by atoms with E-state index in [0.29, 0.717) is 4.68 Å². The third-order valence-corrected chi connectivity index (χ3v) is 1.91. The molecule has 1 aromatic heterocycles. The zero-order valence-electron chi connectivity index (χ0n) is 7.97. The van der Waals surface area contributed by atoms with Crippen LogP contribution in [0.15, 0.2) is 6.33 Å². The van der Waals surface area contributed by atoms with Crippen LogP contribution in [0.5, 0.6) is 0 Å². The summed E-state index contributed by atoms with van der Waals surface area (Å²) in [5.74, 6) is -0.920. The molecule has 0 amide bonds. The Morgan fingerprint density at radius 1 is 1.62 bits per heavy atom.